The lowest BCUT2D eigenvalue weighted by molar-refractivity contribution is -0.127. The van der Waals surface area contributed by atoms with Crippen molar-refractivity contribution in [2.45, 2.75) is 12.1 Å². The van der Waals surface area contributed by atoms with Crippen LogP contribution in [0.25, 0.3) is 5.69 Å². The Morgan fingerprint density at radius 3 is 2.61 bits per heavy atom. The quantitative estimate of drug-likeness (QED) is 0.524. The minimum Gasteiger partial charge on any atom is -0.492 e. The first-order valence-corrected chi connectivity index (χ1v) is 10.00. The summed E-state index contributed by atoms with van der Waals surface area (Å²) in [6.07, 6.45) is 0. The molecule has 7 nitrogen and oxygen atoms in total. The van der Waals surface area contributed by atoms with Crippen molar-refractivity contribution in [2.24, 2.45) is 0 Å². The summed E-state index contributed by atoms with van der Waals surface area (Å²) >= 11 is 7.15. The van der Waals surface area contributed by atoms with Crippen LogP contribution >= 0.6 is 23.4 Å². The van der Waals surface area contributed by atoms with E-state index in [0.717, 1.165) is 17.0 Å². The van der Waals surface area contributed by atoms with Crippen LogP contribution in [0.15, 0.2) is 53.7 Å². The molecule has 0 N–H and O–H groups in total. The lowest BCUT2D eigenvalue weighted by Gasteiger charge is -2.17. The smallest absolute Gasteiger partial charge is 0.232 e. The van der Waals surface area contributed by atoms with E-state index in [4.69, 9.17) is 16.3 Å². The van der Waals surface area contributed by atoms with Gasteiger partial charge in [-0.05, 0) is 53.7 Å². The lowest BCUT2D eigenvalue weighted by atomic mass is 10.2. The number of rotatable bonds is 8. The van der Waals surface area contributed by atoms with Gasteiger partial charge in [-0.25, -0.2) is 0 Å². The molecule has 1 heterocycles. The van der Waals surface area contributed by atoms with Gasteiger partial charge in [-0.1, -0.05) is 41.1 Å². The summed E-state index contributed by atoms with van der Waals surface area (Å²) in [5, 5.41) is 13.0. The Labute approximate surface area is 172 Å². The van der Waals surface area contributed by atoms with Gasteiger partial charge in [-0.15, -0.1) is 5.10 Å². The number of halogens is 1. The van der Waals surface area contributed by atoms with Crippen molar-refractivity contribution in [1.82, 2.24) is 25.1 Å². The maximum atomic E-state index is 12.4. The van der Waals surface area contributed by atoms with Gasteiger partial charge < -0.3 is 9.64 Å². The summed E-state index contributed by atoms with van der Waals surface area (Å²) in [6, 6.07) is 15.0. The van der Waals surface area contributed by atoms with E-state index in [1.807, 2.05) is 31.2 Å². The first-order chi connectivity index (χ1) is 13.5. The van der Waals surface area contributed by atoms with Crippen molar-refractivity contribution in [2.75, 3.05) is 26.0 Å². The fourth-order valence-corrected chi connectivity index (χ4v) is 3.27. The summed E-state index contributed by atoms with van der Waals surface area (Å²) in [7, 11) is 1.75. The first kappa shape index (κ1) is 20.2. The standard InChI is InChI=1S/C19H20ClN5O2S/c1-14-3-7-16(8-4-14)25-19(21-22-23-25)28-13-18(26)24(2)11-12-27-17-9-5-15(20)6-10-17/h3-10H,11-13H2,1-2H3. The van der Waals surface area contributed by atoms with Gasteiger partial charge in [-0.2, -0.15) is 4.68 Å². The molecule has 0 saturated heterocycles. The summed E-state index contributed by atoms with van der Waals surface area (Å²) in [5.74, 6) is 0.934. The molecule has 146 valence electrons. The molecule has 0 unspecified atom stereocenters. The third-order valence-electron chi connectivity index (χ3n) is 3.98. The number of benzene rings is 2. The lowest BCUT2D eigenvalue weighted by Crippen LogP contribution is -2.32. The third-order valence-corrected chi connectivity index (χ3v) is 5.14. The number of aryl methyl sites for hydroxylation is 1. The third kappa shape index (κ3) is 5.46. The van der Waals surface area contributed by atoms with Crippen LogP contribution in [0.3, 0.4) is 0 Å². The monoisotopic (exact) mass is 417 g/mol. The van der Waals surface area contributed by atoms with Crippen LogP contribution in [0.2, 0.25) is 5.02 Å². The predicted molar refractivity (Wildman–Crippen MR) is 109 cm³/mol. The molecule has 28 heavy (non-hydrogen) atoms. The Morgan fingerprint density at radius 2 is 1.89 bits per heavy atom. The summed E-state index contributed by atoms with van der Waals surface area (Å²) < 4.78 is 7.25. The Morgan fingerprint density at radius 1 is 1.18 bits per heavy atom. The highest BCUT2D eigenvalue weighted by atomic mass is 35.5. The van der Waals surface area contributed by atoms with Gasteiger partial charge in [0.25, 0.3) is 0 Å². The molecule has 1 amide bonds. The predicted octanol–water partition coefficient (Wildman–Crippen LogP) is 3.25. The number of ether oxygens (including phenoxy) is 1. The second-order valence-electron chi connectivity index (χ2n) is 6.12. The Balaban J connectivity index is 1.48. The van der Waals surface area contributed by atoms with E-state index in [1.165, 1.54) is 11.8 Å². The zero-order chi connectivity index (χ0) is 19.9. The van der Waals surface area contributed by atoms with Gasteiger partial charge >= 0.3 is 0 Å². The highest BCUT2D eigenvalue weighted by Gasteiger charge is 2.14. The van der Waals surface area contributed by atoms with E-state index >= 15 is 0 Å². The maximum Gasteiger partial charge on any atom is 0.232 e. The van der Waals surface area contributed by atoms with E-state index in [9.17, 15) is 4.79 Å². The van der Waals surface area contributed by atoms with Gasteiger partial charge in [0.15, 0.2) is 0 Å². The molecular weight excluding hydrogens is 398 g/mol. The molecule has 0 aliphatic heterocycles. The van der Waals surface area contributed by atoms with Crippen molar-refractivity contribution < 1.29 is 9.53 Å². The topological polar surface area (TPSA) is 73.1 Å². The fraction of sp³-hybridized carbons (Fsp3) is 0.263. The SMILES string of the molecule is Cc1ccc(-n2nnnc2SCC(=O)N(C)CCOc2ccc(Cl)cc2)cc1. The summed E-state index contributed by atoms with van der Waals surface area (Å²) in [4.78, 5) is 14.0. The number of amides is 1. The highest BCUT2D eigenvalue weighted by Crippen LogP contribution is 2.19. The molecule has 1 aromatic heterocycles. The number of nitrogens with zero attached hydrogens (tertiary/aromatic N) is 5. The number of hydrogen-bond donors (Lipinski definition) is 0. The second kappa shape index (κ2) is 9.57. The highest BCUT2D eigenvalue weighted by molar-refractivity contribution is 7.99. The van der Waals surface area contributed by atoms with E-state index in [1.54, 1.807) is 40.9 Å². The maximum absolute atomic E-state index is 12.4. The van der Waals surface area contributed by atoms with Gasteiger partial charge in [0, 0.05) is 12.1 Å². The number of carbonyl (C=O) groups is 1. The molecule has 3 aromatic rings. The van der Waals surface area contributed by atoms with Crippen LogP contribution in [0, 0.1) is 6.92 Å². The fourth-order valence-electron chi connectivity index (χ4n) is 2.31. The van der Waals surface area contributed by atoms with Crippen LogP contribution in [0.1, 0.15) is 5.56 Å². The van der Waals surface area contributed by atoms with Crippen LogP contribution in [0.5, 0.6) is 5.75 Å². The van der Waals surface area contributed by atoms with Gasteiger partial charge in [-0.3, -0.25) is 4.79 Å². The van der Waals surface area contributed by atoms with Crippen molar-refractivity contribution in [3.63, 3.8) is 0 Å². The average Bonchev–Trinajstić information content (AvgIpc) is 3.16. The van der Waals surface area contributed by atoms with E-state index in [2.05, 4.69) is 15.5 Å². The van der Waals surface area contributed by atoms with Crippen molar-refractivity contribution >= 4 is 29.3 Å². The van der Waals surface area contributed by atoms with Crippen LogP contribution < -0.4 is 4.74 Å². The Hall–Kier alpha value is -2.58. The Kier molecular flexibility index (Phi) is 6.89. The van der Waals surface area contributed by atoms with Crippen LogP contribution in [-0.2, 0) is 4.79 Å². The van der Waals surface area contributed by atoms with E-state index in [-0.39, 0.29) is 11.7 Å². The molecular formula is C19H20ClN5O2S. The second-order valence-corrected chi connectivity index (χ2v) is 7.49. The molecule has 0 fully saturated rings. The van der Waals surface area contributed by atoms with E-state index < -0.39 is 0 Å². The zero-order valence-corrected chi connectivity index (χ0v) is 17.2. The number of aromatic nitrogens is 4. The molecule has 0 bridgehead atoms. The molecule has 0 saturated carbocycles. The number of likely N-dealkylation sites (N-methyl/N-ethyl adjacent to an activating group) is 1. The molecule has 0 aliphatic rings. The number of carbonyl (C=O) groups excluding carboxylic acids is 1. The number of hydrogen-bond acceptors (Lipinski definition) is 6. The molecule has 0 spiro atoms. The number of tetrazole rings is 1. The van der Waals surface area contributed by atoms with Crippen LogP contribution in [0.4, 0.5) is 0 Å². The average molecular weight is 418 g/mol. The summed E-state index contributed by atoms with van der Waals surface area (Å²) in [5.41, 5.74) is 2.01. The number of thioether (sulfide) groups is 1. The minimum atomic E-state index is -0.0248. The van der Waals surface area contributed by atoms with Gasteiger partial charge in [0.1, 0.15) is 12.4 Å². The molecule has 0 aliphatic carbocycles. The molecule has 0 radical (unpaired) electrons. The largest absolute Gasteiger partial charge is 0.492 e. The van der Waals surface area contributed by atoms with E-state index in [0.29, 0.717) is 23.3 Å². The zero-order valence-electron chi connectivity index (χ0n) is 15.6. The molecule has 9 heteroatoms. The first-order valence-electron chi connectivity index (χ1n) is 8.63. The molecule has 3 rings (SSSR count). The minimum absolute atomic E-state index is 0.0248. The summed E-state index contributed by atoms with van der Waals surface area (Å²) in [6.45, 7) is 2.89. The van der Waals surface area contributed by atoms with Crippen molar-refractivity contribution in [3.05, 3.63) is 59.1 Å². The normalized spacial score (nSPS) is 10.7. The van der Waals surface area contributed by atoms with Gasteiger partial charge in [0.05, 0.1) is 18.0 Å². The Bertz CT molecular complexity index is 915. The van der Waals surface area contributed by atoms with Crippen molar-refractivity contribution in [3.8, 4) is 11.4 Å². The molecule has 0 atom stereocenters. The molecule has 2 aromatic carbocycles. The van der Waals surface area contributed by atoms with Crippen LogP contribution in [-0.4, -0.2) is 57.0 Å². The van der Waals surface area contributed by atoms with Crippen molar-refractivity contribution in [1.29, 1.82) is 0 Å². The van der Waals surface area contributed by atoms with Gasteiger partial charge in [0.2, 0.25) is 11.1 Å².